The molecule has 1 aromatic rings. The van der Waals surface area contributed by atoms with Gasteiger partial charge in [0, 0.05) is 12.7 Å². The van der Waals surface area contributed by atoms with Crippen LogP contribution < -0.4 is 4.90 Å². The van der Waals surface area contributed by atoms with E-state index in [0.29, 0.717) is 0 Å². The van der Waals surface area contributed by atoms with Crippen LogP contribution in [0.25, 0.3) is 0 Å². The van der Waals surface area contributed by atoms with Crippen LogP contribution in [-0.2, 0) is 0 Å². The number of para-hydroxylation sites is 1. The minimum absolute atomic E-state index is 0.468. The van der Waals surface area contributed by atoms with Crippen molar-refractivity contribution in [1.82, 2.24) is 0 Å². The first-order valence-corrected chi connectivity index (χ1v) is 3.99. The molecule has 0 atom stereocenters. The van der Waals surface area contributed by atoms with Crippen LogP contribution in [0.15, 0.2) is 24.3 Å². The van der Waals surface area contributed by atoms with Gasteiger partial charge in [-0.25, -0.2) is 0 Å². The molecule has 0 radical (unpaired) electrons. The summed E-state index contributed by atoms with van der Waals surface area (Å²) in [6.45, 7) is 1.94. The van der Waals surface area contributed by atoms with Gasteiger partial charge in [0.25, 0.3) is 0 Å². The lowest BCUT2D eigenvalue weighted by Gasteiger charge is -2.15. The Kier molecular flexibility index (Phi) is 2.71. The molecule has 64 valence electrons. The van der Waals surface area contributed by atoms with E-state index in [1.807, 2.05) is 31.2 Å². The molecule has 0 N–H and O–H groups in total. The molecule has 1 rings (SSSR count). The van der Waals surface area contributed by atoms with E-state index >= 15 is 0 Å². The lowest BCUT2D eigenvalue weighted by Crippen LogP contribution is -2.20. The number of nitrogens with zero attached hydrogens (tertiary/aromatic N) is 1. The van der Waals surface area contributed by atoms with Crippen LogP contribution in [0.2, 0.25) is 0 Å². The van der Waals surface area contributed by atoms with E-state index in [9.17, 15) is 4.79 Å². The number of amides is 1. The van der Waals surface area contributed by atoms with Gasteiger partial charge >= 0.3 is 5.37 Å². The van der Waals surface area contributed by atoms with Crippen molar-refractivity contribution in [3.8, 4) is 0 Å². The van der Waals surface area contributed by atoms with Crippen molar-refractivity contribution in [3.63, 3.8) is 0 Å². The molecule has 12 heavy (non-hydrogen) atoms. The van der Waals surface area contributed by atoms with E-state index in [1.54, 1.807) is 7.05 Å². The number of rotatable bonds is 1. The fraction of sp³-hybridized carbons (Fsp3) is 0.222. The molecule has 1 amide bonds. The average Bonchev–Trinajstić information content (AvgIpc) is 2.04. The second-order valence-corrected chi connectivity index (χ2v) is 2.92. The molecule has 0 aliphatic heterocycles. The number of halogens is 1. The fourth-order valence-corrected chi connectivity index (χ4v) is 1.13. The molecule has 3 heteroatoms. The van der Waals surface area contributed by atoms with Gasteiger partial charge in [-0.1, -0.05) is 18.2 Å². The first-order chi connectivity index (χ1) is 5.63. The maximum atomic E-state index is 10.8. The van der Waals surface area contributed by atoms with E-state index in [4.69, 9.17) is 11.6 Å². The quantitative estimate of drug-likeness (QED) is 0.484. The summed E-state index contributed by atoms with van der Waals surface area (Å²) in [7, 11) is 1.65. The van der Waals surface area contributed by atoms with Crippen LogP contribution in [-0.4, -0.2) is 12.4 Å². The van der Waals surface area contributed by atoms with Gasteiger partial charge in [0.1, 0.15) is 0 Å². The molecule has 0 saturated heterocycles. The van der Waals surface area contributed by atoms with Gasteiger partial charge in [0.15, 0.2) is 0 Å². The topological polar surface area (TPSA) is 20.3 Å². The molecule has 0 aromatic heterocycles. The van der Waals surface area contributed by atoms with Crippen molar-refractivity contribution in [2.75, 3.05) is 11.9 Å². The minimum Gasteiger partial charge on any atom is -0.302 e. The summed E-state index contributed by atoms with van der Waals surface area (Å²) in [6.07, 6.45) is 0. The number of anilines is 1. The molecule has 0 unspecified atom stereocenters. The summed E-state index contributed by atoms with van der Waals surface area (Å²) in [5.74, 6) is 0. The van der Waals surface area contributed by atoms with Gasteiger partial charge in [-0.15, -0.1) is 0 Å². The largest absolute Gasteiger partial charge is 0.320 e. The normalized spacial score (nSPS) is 9.58. The Bertz CT molecular complexity index is 298. The van der Waals surface area contributed by atoms with E-state index < -0.39 is 5.37 Å². The molecule has 1 aromatic carbocycles. The second-order valence-electron chi connectivity index (χ2n) is 2.60. The maximum Gasteiger partial charge on any atom is 0.320 e. The zero-order chi connectivity index (χ0) is 9.14. The molecule has 2 nitrogen and oxygen atoms in total. The van der Waals surface area contributed by atoms with Crippen LogP contribution in [0.5, 0.6) is 0 Å². The summed E-state index contributed by atoms with van der Waals surface area (Å²) in [6, 6.07) is 7.59. The number of aryl methyl sites for hydroxylation is 1. The third-order valence-electron chi connectivity index (χ3n) is 1.74. The van der Waals surface area contributed by atoms with E-state index in [1.165, 1.54) is 4.90 Å². The zero-order valence-electron chi connectivity index (χ0n) is 7.04. The Morgan fingerprint density at radius 2 is 2.00 bits per heavy atom. The minimum atomic E-state index is -0.468. The van der Waals surface area contributed by atoms with E-state index in [2.05, 4.69) is 0 Å². The molecule has 0 aliphatic rings. The summed E-state index contributed by atoms with van der Waals surface area (Å²) >= 11 is 5.32. The summed E-state index contributed by atoms with van der Waals surface area (Å²) in [5.41, 5.74) is 1.88. The number of hydrogen-bond acceptors (Lipinski definition) is 1. The maximum absolute atomic E-state index is 10.8. The third kappa shape index (κ3) is 1.77. The van der Waals surface area contributed by atoms with Gasteiger partial charge in [0.05, 0.1) is 0 Å². The van der Waals surface area contributed by atoms with Crippen molar-refractivity contribution in [1.29, 1.82) is 0 Å². The Labute approximate surface area is 76.8 Å². The van der Waals surface area contributed by atoms with Crippen LogP contribution in [0.4, 0.5) is 10.5 Å². The zero-order valence-corrected chi connectivity index (χ0v) is 7.80. The van der Waals surface area contributed by atoms with Gasteiger partial charge in [-0.3, -0.25) is 4.79 Å². The van der Waals surface area contributed by atoms with Gasteiger partial charge in [-0.2, -0.15) is 0 Å². The molecule has 0 saturated carbocycles. The highest BCUT2D eigenvalue weighted by atomic mass is 35.5. The summed E-state index contributed by atoms with van der Waals surface area (Å²) < 4.78 is 0. The predicted octanol–water partition coefficient (Wildman–Crippen LogP) is 2.79. The number of carbonyl (C=O) groups excluding carboxylic acids is 1. The summed E-state index contributed by atoms with van der Waals surface area (Å²) in [5, 5.41) is -0.468. The van der Waals surface area contributed by atoms with E-state index in [0.717, 1.165) is 11.3 Å². The van der Waals surface area contributed by atoms with Crippen molar-refractivity contribution >= 4 is 22.7 Å². The van der Waals surface area contributed by atoms with Crippen LogP contribution in [0, 0.1) is 6.92 Å². The van der Waals surface area contributed by atoms with Crippen LogP contribution >= 0.6 is 11.6 Å². The highest BCUT2D eigenvalue weighted by Gasteiger charge is 2.08. The Morgan fingerprint density at radius 3 is 2.50 bits per heavy atom. The summed E-state index contributed by atoms with van der Waals surface area (Å²) in [4.78, 5) is 12.2. The molecule has 0 spiro atoms. The fourth-order valence-electron chi connectivity index (χ4n) is 1.03. The number of hydrogen-bond donors (Lipinski definition) is 0. The first-order valence-electron chi connectivity index (χ1n) is 3.61. The van der Waals surface area contributed by atoms with E-state index in [-0.39, 0.29) is 0 Å². The number of benzene rings is 1. The van der Waals surface area contributed by atoms with Crippen molar-refractivity contribution in [3.05, 3.63) is 29.8 Å². The predicted molar refractivity (Wildman–Crippen MR) is 50.8 cm³/mol. The molecule has 0 fully saturated rings. The second kappa shape index (κ2) is 3.59. The van der Waals surface area contributed by atoms with Crippen LogP contribution in [0.1, 0.15) is 5.56 Å². The highest BCUT2D eigenvalue weighted by molar-refractivity contribution is 6.66. The Balaban J connectivity index is 3.02. The average molecular weight is 184 g/mol. The molecular formula is C9H10ClNO. The van der Waals surface area contributed by atoms with Gasteiger partial charge in [0.2, 0.25) is 0 Å². The first kappa shape index (κ1) is 9.07. The lowest BCUT2D eigenvalue weighted by molar-refractivity contribution is 0.265. The smallest absolute Gasteiger partial charge is 0.302 e. The molecule has 0 heterocycles. The highest BCUT2D eigenvalue weighted by Crippen LogP contribution is 2.18. The van der Waals surface area contributed by atoms with Crippen molar-refractivity contribution < 1.29 is 4.79 Å². The number of carbonyl (C=O) groups is 1. The van der Waals surface area contributed by atoms with Crippen molar-refractivity contribution in [2.24, 2.45) is 0 Å². The molecule has 0 aliphatic carbocycles. The third-order valence-corrected chi connectivity index (χ3v) is 1.99. The SMILES string of the molecule is Cc1ccccc1N(C)C(=O)Cl. The van der Waals surface area contributed by atoms with Crippen LogP contribution in [0.3, 0.4) is 0 Å². The Morgan fingerprint density at radius 1 is 1.42 bits per heavy atom. The lowest BCUT2D eigenvalue weighted by atomic mass is 10.2. The van der Waals surface area contributed by atoms with Crippen molar-refractivity contribution in [2.45, 2.75) is 6.92 Å². The standard InChI is InChI=1S/C9H10ClNO/c1-7-5-3-4-6-8(7)11(2)9(10)12/h3-6H,1-2H3. The molecule has 0 bridgehead atoms. The van der Waals surface area contributed by atoms with Gasteiger partial charge < -0.3 is 4.90 Å². The molecular weight excluding hydrogens is 174 g/mol. The van der Waals surface area contributed by atoms with Gasteiger partial charge in [-0.05, 0) is 30.2 Å². The Hall–Kier alpha value is -1.02. The monoisotopic (exact) mass is 183 g/mol.